The highest BCUT2D eigenvalue weighted by atomic mass is 31.2. The fraction of sp³-hybridized carbons (Fsp3) is 0.412. The van der Waals surface area contributed by atoms with Crippen LogP contribution in [0.2, 0.25) is 0 Å². The third kappa shape index (κ3) is 3.78. The number of ether oxygens (including phenoxy) is 1. The number of nitrogen functional groups attached to an aromatic ring is 1. The van der Waals surface area contributed by atoms with Crippen molar-refractivity contribution in [3.8, 4) is 5.75 Å². The highest BCUT2D eigenvalue weighted by molar-refractivity contribution is 7.49. The van der Waals surface area contributed by atoms with Crippen LogP contribution in [0.5, 0.6) is 5.75 Å². The lowest BCUT2D eigenvalue weighted by Crippen LogP contribution is -2.52. The second-order valence-electron chi connectivity index (χ2n) is 7.06. The Morgan fingerprint density at radius 3 is 2.81 bits per heavy atom. The van der Waals surface area contributed by atoms with E-state index in [0.29, 0.717) is 16.3 Å². The second-order valence-corrected chi connectivity index (χ2v) is 8.65. The van der Waals surface area contributed by atoms with Crippen LogP contribution < -0.4 is 15.9 Å². The van der Waals surface area contributed by atoms with Crippen molar-refractivity contribution in [3.63, 3.8) is 0 Å². The Labute approximate surface area is 177 Å². The molecule has 1 unspecified atom stereocenters. The molecule has 2 aliphatic heterocycles. The molecule has 4 N–H and O–H groups in total. The lowest BCUT2D eigenvalue weighted by molar-refractivity contribution is -0.194. The average Bonchev–Trinajstić information content (AvgIpc) is 3.01. The Morgan fingerprint density at radius 2 is 2.09 bits per heavy atom. The number of aliphatic hydroxyl groups is 2. The molecule has 3 heterocycles. The zero-order valence-electron chi connectivity index (χ0n) is 16.0. The van der Waals surface area contributed by atoms with Crippen LogP contribution in [-0.4, -0.2) is 50.6 Å². The number of benzene rings is 1. The molecule has 0 amide bonds. The number of nitrogens with zero attached hydrogens (tertiary/aromatic N) is 2. The molecule has 0 aliphatic carbocycles. The van der Waals surface area contributed by atoms with Gasteiger partial charge in [-0.15, -0.1) is 0 Å². The number of nitrogens with two attached hydrogens (primary N) is 1. The lowest BCUT2D eigenvalue weighted by Gasteiger charge is -2.32. The molecule has 15 heteroatoms. The second kappa shape index (κ2) is 8.14. The molecule has 1 aromatic heterocycles. The van der Waals surface area contributed by atoms with E-state index in [2.05, 4.69) is 4.98 Å². The van der Waals surface area contributed by atoms with Crippen molar-refractivity contribution in [2.45, 2.75) is 37.1 Å². The van der Waals surface area contributed by atoms with Crippen LogP contribution in [0.15, 0.2) is 35.3 Å². The molecule has 2 aromatic rings. The van der Waals surface area contributed by atoms with Gasteiger partial charge in [0.05, 0.1) is 19.4 Å². The number of hydrogen-bond acceptors (Lipinski definition) is 10. The van der Waals surface area contributed by atoms with E-state index in [4.69, 9.17) is 24.0 Å². The van der Waals surface area contributed by atoms with Crippen molar-refractivity contribution in [2.24, 2.45) is 0 Å². The van der Waals surface area contributed by atoms with Crippen LogP contribution in [0.25, 0.3) is 0 Å². The Balaban J connectivity index is 1.59. The summed E-state index contributed by atoms with van der Waals surface area (Å²) in [6.07, 6.45) is -9.48. The zero-order chi connectivity index (χ0) is 23.3. The number of rotatable bonds is 5. The van der Waals surface area contributed by atoms with Crippen molar-refractivity contribution in [3.05, 3.63) is 52.3 Å². The third-order valence-electron chi connectivity index (χ3n) is 5.04. The molecule has 1 saturated heterocycles. The largest absolute Gasteiger partial charge is 0.530 e. The van der Waals surface area contributed by atoms with E-state index in [-0.39, 0.29) is 12.4 Å². The van der Waals surface area contributed by atoms with Gasteiger partial charge in [-0.2, -0.15) is 4.98 Å². The highest BCUT2D eigenvalue weighted by Crippen LogP contribution is 2.56. The van der Waals surface area contributed by atoms with Gasteiger partial charge in [0.25, 0.3) is 6.43 Å². The molecule has 1 aromatic carbocycles. The van der Waals surface area contributed by atoms with Gasteiger partial charge in [-0.25, -0.2) is 22.5 Å². The first-order chi connectivity index (χ1) is 15.1. The fourth-order valence-electron chi connectivity index (χ4n) is 3.28. The number of anilines is 1. The fourth-order valence-corrected chi connectivity index (χ4v) is 4.54. The topological polar surface area (TPSA) is 155 Å². The molecule has 0 spiro atoms. The van der Waals surface area contributed by atoms with Crippen LogP contribution >= 0.6 is 7.82 Å². The van der Waals surface area contributed by atoms with Crippen LogP contribution in [0.4, 0.5) is 19.0 Å². The van der Waals surface area contributed by atoms with Gasteiger partial charge in [0.15, 0.2) is 23.5 Å². The standard InChI is InChI=1S/C17H17F3N3O8P/c18-9-5-23(16(26)22-13(9)21)14-11(24)12(25)17(30-14,15(19)20)7-29-32(27)28-6-8-3-1-2-4-10(8)31-32/h1-5,11-12,14-15,24-25H,6-7H2,(H2,21,22,26)/t11-,12-,14+,17+,32?/m0/s1. The van der Waals surface area contributed by atoms with E-state index in [0.717, 1.165) is 0 Å². The number of halogens is 3. The number of hydrogen-bond donors (Lipinski definition) is 3. The Hall–Kier alpha value is -2.48. The number of fused-ring (bicyclic) bond motifs is 1. The van der Waals surface area contributed by atoms with E-state index in [1.54, 1.807) is 18.2 Å². The monoisotopic (exact) mass is 479 g/mol. The van der Waals surface area contributed by atoms with Gasteiger partial charge in [0.1, 0.15) is 18.0 Å². The summed E-state index contributed by atoms with van der Waals surface area (Å²) in [5, 5.41) is 20.6. The van der Waals surface area contributed by atoms with Crippen molar-refractivity contribution >= 4 is 13.6 Å². The smallest absolute Gasteiger partial charge is 0.404 e. The summed E-state index contributed by atoms with van der Waals surface area (Å²) in [5.41, 5.74) is 1.52. The molecule has 0 radical (unpaired) electrons. The SMILES string of the molecule is Nc1nc(=O)n([C@@H]2O[C@@](COP3(=O)OCc4ccccc4O3)(C(F)F)[C@@H](O)[C@@H]2O)cc1F. The Morgan fingerprint density at radius 1 is 1.38 bits per heavy atom. The van der Waals surface area contributed by atoms with Crippen molar-refractivity contribution in [1.82, 2.24) is 9.55 Å². The predicted octanol–water partition coefficient (Wildman–Crippen LogP) is 0.953. The lowest BCUT2D eigenvalue weighted by atomic mass is 9.96. The van der Waals surface area contributed by atoms with Gasteiger partial charge in [0.2, 0.25) is 0 Å². The van der Waals surface area contributed by atoms with Crippen LogP contribution in [-0.2, 0) is 25.0 Å². The van der Waals surface area contributed by atoms with Crippen molar-refractivity contribution < 1.29 is 46.3 Å². The summed E-state index contributed by atoms with van der Waals surface area (Å²) >= 11 is 0. The van der Waals surface area contributed by atoms with Crippen molar-refractivity contribution in [2.75, 3.05) is 12.3 Å². The van der Waals surface area contributed by atoms with E-state index in [1.165, 1.54) is 6.07 Å². The molecule has 4 rings (SSSR count). The van der Waals surface area contributed by atoms with Crippen LogP contribution in [0, 0.1) is 5.82 Å². The van der Waals surface area contributed by atoms with Gasteiger partial charge in [-0.1, -0.05) is 18.2 Å². The number of phosphoric ester groups is 1. The van der Waals surface area contributed by atoms with Gasteiger partial charge < -0.3 is 25.2 Å². The molecule has 5 atom stereocenters. The minimum atomic E-state index is -4.41. The maximum Gasteiger partial charge on any atom is 0.530 e. The zero-order valence-corrected chi connectivity index (χ0v) is 16.9. The maximum absolute atomic E-state index is 14.0. The third-order valence-corrected chi connectivity index (χ3v) is 6.35. The number of alkyl halides is 2. The first-order valence-electron chi connectivity index (χ1n) is 9.09. The van der Waals surface area contributed by atoms with Crippen LogP contribution in [0.3, 0.4) is 0 Å². The number of para-hydroxylation sites is 1. The minimum absolute atomic E-state index is 0.147. The molecular weight excluding hydrogens is 462 g/mol. The Kier molecular flexibility index (Phi) is 5.77. The molecule has 11 nitrogen and oxygen atoms in total. The average molecular weight is 479 g/mol. The maximum atomic E-state index is 14.0. The summed E-state index contributed by atoms with van der Waals surface area (Å²) in [4.78, 5) is 15.2. The highest BCUT2D eigenvalue weighted by Gasteiger charge is 2.62. The van der Waals surface area contributed by atoms with E-state index in [9.17, 15) is 32.7 Å². The van der Waals surface area contributed by atoms with E-state index < -0.39 is 62.2 Å². The summed E-state index contributed by atoms with van der Waals surface area (Å²) in [6, 6.07) is 6.35. The summed E-state index contributed by atoms with van der Waals surface area (Å²) in [5.74, 6) is -1.80. The number of aliphatic hydroxyl groups excluding tert-OH is 2. The van der Waals surface area contributed by atoms with Gasteiger partial charge in [-0.05, 0) is 6.07 Å². The molecule has 0 saturated carbocycles. The minimum Gasteiger partial charge on any atom is -0.404 e. The van der Waals surface area contributed by atoms with Gasteiger partial charge in [0, 0.05) is 5.56 Å². The van der Waals surface area contributed by atoms with E-state index >= 15 is 0 Å². The van der Waals surface area contributed by atoms with Crippen LogP contribution in [0.1, 0.15) is 11.8 Å². The predicted molar refractivity (Wildman–Crippen MR) is 99.2 cm³/mol. The molecule has 2 aliphatic rings. The normalized spacial score (nSPS) is 32.0. The molecule has 174 valence electrons. The first-order valence-corrected chi connectivity index (χ1v) is 10.6. The molecule has 32 heavy (non-hydrogen) atoms. The summed E-state index contributed by atoms with van der Waals surface area (Å²) in [7, 11) is -4.41. The Bertz CT molecular complexity index is 1130. The number of aromatic nitrogens is 2. The summed E-state index contributed by atoms with van der Waals surface area (Å²) in [6.45, 7) is -1.46. The van der Waals surface area contributed by atoms with Gasteiger partial charge >= 0.3 is 13.5 Å². The molecule has 1 fully saturated rings. The van der Waals surface area contributed by atoms with Gasteiger partial charge in [-0.3, -0.25) is 13.6 Å². The summed E-state index contributed by atoms with van der Waals surface area (Å²) < 4.78 is 75.2. The molecule has 0 bridgehead atoms. The van der Waals surface area contributed by atoms with Crippen molar-refractivity contribution in [1.29, 1.82) is 0 Å². The first kappa shape index (κ1) is 22.7. The number of phosphoric acid groups is 1. The van der Waals surface area contributed by atoms with E-state index in [1.807, 2.05) is 0 Å². The molecular formula is C17H17F3N3O8P. The quantitative estimate of drug-likeness (QED) is 0.528.